The minimum absolute atomic E-state index is 0.0807. The molecule has 0 aromatic heterocycles. The number of aliphatic hydroxyl groups excluding tert-OH is 1. The predicted octanol–water partition coefficient (Wildman–Crippen LogP) is 3.95. The molecule has 0 bridgehead atoms. The molecule has 2 saturated heterocycles. The van der Waals surface area contributed by atoms with Crippen molar-refractivity contribution in [2.75, 3.05) is 13.1 Å². The largest absolute Gasteiger partial charge is 0.373 e. The van der Waals surface area contributed by atoms with Gasteiger partial charge in [0, 0.05) is 36.6 Å². The number of carbonyl (C=O) groups excluding carboxylic acids is 2. The highest BCUT2D eigenvalue weighted by atomic mass is 35.5. The van der Waals surface area contributed by atoms with E-state index in [-0.39, 0.29) is 17.7 Å². The van der Waals surface area contributed by atoms with E-state index in [0.29, 0.717) is 23.4 Å². The number of amides is 2. The van der Waals surface area contributed by atoms with Gasteiger partial charge in [-0.25, -0.2) is 0 Å². The lowest BCUT2D eigenvalue weighted by Gasteiger charge is -2.29. The van der Waals surface area contributed by atoms with E-state index in [0.717, 1.165) is 42.6 Å². The standard InChI is InChI=1S/C23H25ClN2O3/c24-21-17(5-4-6-18(21)19-11-12-20(27)25-22(19)28)15-7-9-16(10-8-15)23(29)26-13-2-1-3-14-26/h4-10,19,22,28H,1-3,11-14H2,(H,25,27). The fraction of sp³-hybridized carbons (Fsp3) is 0.391. The highest BCUT2D eigenvalue weighted by molar-refractivity contribution is 6.34. The summed E-state index contributed by atoms with van der Waals surface area (Å²) < 4.78 is 0. The monoisotopic (exact) mass is 412 g/mol. The van der Waals surface area contributed by atoms with E-state index < -0.39 is 6.23 Å². The van der Waals surface area contributed by atoms with Crippen molar-refractivity contribution in [2.24, 2.45) is 0 Å². The van der Waals surface area contributed by atoms with E-state index in [2.05, 4.69) is 5.32 Å². The van der Waals surface area contributed by atoms with Gasteiger partial charge in [0.2, 0.25) is 5.91 Å². The third kappa shape index (κ3) is 4.16. The number of carbonyl (C=O) groups is 2. The van der Waals surface area contributed by atoms with E-state index in [1.54, 1.807) is 0 Å². The molecule has 0 aliphatic carbocycles. The van der Waals surface area contributed by atoms with Crippen LogP contribution in [0.4, 0.5) is 0 Å². The summed E-state index contributed by atoms with van der Waals surface area (Å²) in [5.41, 5.74) is 3.28. The molecule has 2 atom stereocenters. The summed E-state index contributed by atoms with van der Waals surface area (Å²) in [6.45, 7) is 1.66. The zero-order chi connectivity index (χ0) is 20.4. The number of halogens is 1. The van der Waals surface area contributed by atoms with Crippen LogP contribution in [0.5, 0.6) is 0 Å². The van der Waals surface area contributed by atoms with Gasteiger partial charge in [0.15, 0.2) is 0 Å². The first-order valence-electron chi connectivity index (χ1n) is 10.2. The Morgan fingerprint density at radius 2 is 1.79 bits per heavy atom. The molecular weight excluding hydrogens is 388 g/mol. The number of aliphatic hydroxyl groups is 1. The molecule has 2 aromatic carbocycles. The van der Waals surface area contributed by atoms with Gasteiger partial charge in [-0.3, -0.25) is 9.59 Å². The smallest absolute Gasteiger partial charge is 0.253 e. The number of piperidine rings is 2. The number of nitrogens with zero attached hydrogens (tertiary/aromatic N) is 1. The molecule has 2 heterocycles. The Bertz CT molecular complexity index is 907. The lowest BCUT2D eigenvalue weighted by Crippen LogP contribution is -2.43. The third-order valence-corrected chi connectivity index (χ3v) is 6.31. The normalized spacial score (nSPS) is 22.3. The van der Waals surface area contributed by atoms with E-state index in [1.165, 1.54) is 6.42 Å². The SMILES string of the molecule is O=C1CCC(c2cccc(-c3ccc(C(=O)N4CCCCC4)cc3)c2Cl)C(O)N1. The number of hydrogen-bond acceptors (Lipinski definition) is 3. The average molecular weight is 413 g/mol. The molecule has 2 aliphatic rings. The van der Waals surface area contributed by atoms with Gasteiger partial charge in [0.1, 0.15) is 6.23 Å². The molecule has 2 amide bonds. The maximum Gasteiger partial charge on any atom is 0.253 e. The molecular formula is C23H25ClN2O3. The molecule has 5 nitrogen and oxygen atoms in total. The first kappa shape index (κ1) is 19.9. The fourth-order valence-electron chi connectivity index (χ4n) is 4.24. The Morgan fingerprint density at radius 1 is 1.07 bits per heavy atom. The summed E-state index contributed by atoms with van der Waals surface area (Å²) in [5, 5.41) is 13.4. The number of likely N-dealkylation sites (tertiary alicyclic amines) is 1. The van der Waals surface area contributed by atoms with Gasteiger partial charge in [-0.05, 0) is 48.9 Å². The Hall–Kier alpha value is -2.37. The Balaban J connectivity index is 1.57. The molecule has 29 heavy (non-hydrogen) atoms. The van der Waals surface area contributed by atoms with Crippen molar-refractivity contribution in [3.8, 4) is 11.1 Å². The quantitative estimate of drug-likeness (QED) is 0.802. The number of hydrogen-bond donors (Lipinski definition) is 2. The van der Waals surface area contributed by atoms with Crippen LogP contribution in [0.2, 0.25) is 5.02 Å². The van der Waals surface area contributed by atoms with Crippen LogP contribution in [-0.2, 0) is 4.79 Å². The van der Waals surface area contributed by atoms with Crippen molar-refractivity contribution in [1.82, 2.24) is 10.2 Å². The van der Waals surface area contributed by atoms with Crippen LogP contribution in [0.3, 0.4) is 0 Å². The van der Waals surface area contributed by atoms with E-state index in [9.17, 15) is 14.7 Å². The van der Waals surface area contributed by atoms with Crippen LogP contribution in [0, 0.1) is 0 Å². The van der Waals surface area contributed by atoms with Crippen LogP contribution >= 0.6 is 11.6 Å². The Kier molecular flexibility index (Phi) is 5.88. The van der Waals surface area contributed by atoms with Crippen LogP contribution in [0.25, 0.3) is 11.1 Å². The van der Waals surface area contributed by atoms with Gasteiger partial charge >= 0.3 is 0 Å². The topological polar surface area (TPSA) is 69.6 Å². The van der Waals surface area contributed by atoms with Crippen LogP contribution in [-0.4, -0.2) is 41.1 Å². The molecule has 2 N–H and O–H groups in total. The molecule has 6 heteroatoms. The van der Waals surface area contributed by atoms with Crippen LogP contribution < -0.4 is 5.32 Å². The third-order valence-electron chi connectivity index (χ3n) is 5.89. The van der Waals surface area contributed by atoms with Crippen molar-refractivity contribution in [2.45, 2.75) is 44.2 Å². The second-order valence-corrected chi connectivity index (χ2v) is 8.17. The van der Waals surface area contributed by atoms with Crippen LogP contribution in [0.15, 0.2) is 42.5 Å². The zero-order valence-corrected chi connectivity index (χ0v) is 17.0. The molecule has 2 aromatic rings. The lowest BCUT2D eigenvalue weighted by atomic mass is 9.87. The maximum absolute atomic E-state index is 12.7. The molecule has 4 rings (SSSR count). The molecule has 152 valence electrons. The minimum atomic E-state index is -0.937. The van der Waals surface area contributed by atoms with Crippen molar-refractivity contribution < 1.29 is 14.7 Å². The Labute approximate surface area is 175 Å². The van der Waals surface area contributed by atoms with E-state index in [1.807, 2.05) is 47.4 Å². The first-order chi connectivity index (χ1) is 14.0. The summed E-state index contributed by atoms with van der Waals surface area (Å²) in [6.07, 6.45) is 3.32. The van der Waals surface area contributed by atoms with Gasteiger partial charge in [0.05, 0.1) is 5.02 Å². The zero-order valence-electron chi connectivity index (χ0n) is 16.2. The fourth-order valence-corrected chi connectivity index (χ4v) is 4.61. The molecule has 2 unspecified atom stereocenters. The predicted molar refractivity (Wildman–Crippen MR) is 113 cm³/mol. The van der Waals surface area contributed by atoms with Gasteiger partial charge in [-0.2, -0.15) is 0 Å². The van der Waals surface area contributed by atoms with Gasteiger partial charge < -0.3 is 15.3 Å². The maximum atomic E-state index is 12.7. The molecule has 0 radical (unpaired) electrons. The summed E-state index contributed by atoms with van der Waals surface area (Å²) >= 11 is 6.70. The van der Waals surface area contributed by atoms with Crippen LogP contribution in [0.1, 0.15) is 53.9 Å². The molecule has 0 saturated carbocycles. The Morgan fingerprint density at radius 3 is 2.48 bits per heavy atom. The van der Waals surface area contributed by atoms with Gasteiger partial charge in [-0.1, -0.05) is 41.9 Å². The number of rotatable bonds is 3. The van der Waals surface area contributed by atoms with Crippen molar-refractivity contribution in [3.05, 3.63) is 58.6 Å². The minimum Gasteiger partial charge on any atom is -0.373 e. The first-order valence-corrected chi connectivity index (χ1v) is 10.6. The molecule has 2 fully saturated rings. The molecule has 2 aliphatic heterocycles. The summed E-state index contributed by atoms with van der Waals surface area (Å²) in [4.78, 5) is 26.1. The van der Waals surface area contributed by atoms with E-state index in [4.69, 9.17) is 11.6 Å². The van der Waals surface area contributed by atoms with Gasteiger partial charge in [0.25, 0.3) is 5.91 Å². The number of nitrogens with one attached hydrogen (secondary N) is 1. The van der Waals surface area contributed by atoms with E-state index >= 15 is 0 Å². The highest BCUT2D eigenvalue weighted by Crippen LogP contribution is 2.38. The summed E-state index contributed by atoms with van der Waals surface area (Å²) in [7, 11) is 0. The van der Waals surface area contributed by atoms with Crippen molar-refractivity contribution >= 4 is 23.4 Å². The lowest BCUT2D eigenvalue weighted by molar-refractivity contribution is -0.127. The number of benzene rings is 2. The second kappa shape index (κ2) is 8.56. The van der Waals surface area contributed by atoms with Crippen molar-refractivity contribution in [1.29, 1.82) is 0 Å². The van der Waals surface area contributed by atoms with Crippen molar-refractivity contribution in [3.63, 3.8) is 0 Å². The highest BCUT2D eigenvalue weighted by Gasteiger charge is 2.30. The van der Waals surface area contributed by atoms with Gasteiger partial charge in [-0.15, -0.1) is 0 Å². The summed E-state index contributed by atoms with van der Waals surface area (Å²) in [6, 6.07) is 13.3. The second-order valence-electron chi connectivity index (χ2n) is 7.80. The average Bonchev–Trinajstić information content (AvgIpc) is 2.75. The molecule has 0 spiro atoms. The summed E-state index contributed by atoms with van der Waals surface area (Å²) in [5.74, 6) is -0.299.